The van der Waals surface area contributed by atoms with Gasteiger partial charge in [0.05, 0.1) is 0 Å². The summed E-state index contributed by atoms with van der Waals surface area (Å²) in [7, 11) is 1.88. The summed E-state index contributed by atoms with van der Waals surface area (Å²) in [6.45, 7) is 0.981. The summed E-state index contributed by atoms with van der Waals surface area (Å²) >= 11 is 3.46. The highest BCUT2D eigenvalue weighted by atomic mass is 79.9. The molecule has 0 aromatic heterocycles. The van der Waals surface area contributed by atoms with Crippen molar-refractivity contribution in [2.45, 2.75) is 13.2 Å². The molecular formula is C15H14BrF2NO. The first kappa shape index (κ1) is 14.9. The number of halogens is 3. The van der Waals surface area contributed by atoms with Gasteiger partial charge < -0.3 is 10.1 Å². The fourth-order valence-electron chi connectivity index (χ4n) is 1.77. The van der Waals surface area contributed by atoms with Crippen LogP contribution < -0.4 is 10.1 Å². The molecule has 0 fully saturated rings. The van der Waals surface area contributed by atoms with Crippen LogP contribution in [0.1, 0.15) is 11.1 Å². The van der Waals surface area contributed by atoms with Gasteiger partial charge in [0.2, 0.25) is 0 Å². The Hall–Kier alpha value is -1.46. The van der Waals surface area contributed by atoms with E-state index >= 15 is 0 Å². The van der Waals surface area contributed by atoms with Gasteiger partial charge in [-0.25, -0.2) is 8.78 Å². The highest BCUT2D eigenvalue weighted by Crippen LogP contribution is 2.23. The molecule has 0 bridgehead atoms. The van der Waals surface area contributed by atoms with Crippen molar-refractivity contribution < 1.29 is 13.5 Å². The Kier molecular flexibility index (Phi) is 5.09. The van der Waals surface area contributed by atoms with Crippen LogP contribution in [-0.4, -0.2) is 7.05 Å². The molecule has 20 heavy (non-hydrogen) atoms. The molecule has 2 rings (SSSR count). The van der Waals surface area contributed by atoms with Crippen LogP contribution in [0.5, 0.6) is 5.75 Å². The summed E-state index contributed by atoms with van der Waals surface area (Å²) < 4.78 is 32.5. The minimum atomic E-state index is -0.701. The quantitative estimate of drug-likeness (QED) is 0.886. The molecule has 0 radical (unpaired) electrons. The van der Waals surface area contributed by atoms with E-state index in [1.165, 1.54) is 12.1 Å². The predicted molar refractivity (Wildman–Crippen MR) is 77.6 cm³/mol. The number of benzene rings is 2. The molecule has 0 saturated heterocycles. The second-order valence-electron chi connectivity index (χ2n) is 4.32. The van der Waals surface area contributed by atoms with Gasteiger partial charge in [-0.1, -0.05) is 28.1 Å². The predicted octanol–water partition coefficient (Wildman–Crippen LogP) is 4.03. The first-order chi connectivity index (χ1) is 9.60. The first-order valence-corrected chi connectivity index (χ1v) is 6.89. The highest BCUT2D eigenvalue weighted by molar-refractivity contribution is 9.10. The third-order valence-corrected chi connectivity index (χ3v) is 3.51. The van der Waals surface area contributed by atoms with E-state index in [4.69, 9.17) is 4.74 Å². The van der Waals surface area contributed by atoms with Crippen LogP contribution >= 0.6 is 15.9 Å². The third-order valence-electron chi connectivity index (χ3n) is 2.78. The summed E-state index contributed by atoms with van der Waals surface area (Å²) in [5.41, 5.74) is 2.03. The average Bonchev–Trinajstić information content (AvgIpc) is 2.40. The smallest absolute Gasteiger partial charge is 0.167 e. The molecule has 5 heteroatoms. The van der Waals surface area contributed by atoms with Crippen molar-refractivity contribution in [1.29, 1.82) is 0 Å². The van der Waals surface area contributed by atoms with Gasteiger partial charge in [-0.3, -0.25) is 0 Å². The van der Waals surface area contributed by atoms with Gasteiger partial charge in [0.1, 0.15) is 12.4 Å². The summed E-state index contributed by atoms with van der Waals surface area (Å²) in [4.78, 5) is 0. The number of hydrogen-bond acceptors (Lipinski definition) is 2. The number of ether oxygens (including phenoxy) is 1. The third kappa shape index (κ3) is 3.77. The maximum Gasteiger partial charge on any atom is 0.167 e. The zero-order chi connectivity index (χ0) is 14.5. The summed E-state index contributed by atoms with van der Waals surface area (Å²) in [6, 6.07) is 9.13. The maximum absolute atomic E-state index is 13.4. The average molecular weight is 342 g/mol. The van der Waals surface area contributed by atoms with Gasteiger partial charge in [0.15, 0.2) is 11.6 Å². The van der Waals surface area contributed by atoms with Crippen LogP contribution in [0.15, 0.2) is 40.9 Å². The van der Waals surface area contributed by atoms with Crippen molar-refractivity contribution in [2.75, 3.05) is 7.05 Å². The van der Waals surface area contributed by atoms with Gasteiger partial charge in [-0.15, -0.1) is 0 Å². The summed E-state index contributed by atoms with van der Waals surface area (Å²) in [6.07, 6.45) is 0. The maximum atomic E-state index is 13.4. The van der Waals surface area contributed by atoms with Crippen LogP contribution in [0.3, 0.4) is 0 Å². The first-order valence-electron chi connectivity index (χ1n) is 6.10. The van der Waals surface area contributed by atoms with Crippen LogP contribution in [0.25, 0.3) is 0 Å². The van der Waals surface area contributed by atoms with Crippen LogP contribution in [0.2, 0.25) is 0 Å². The fourth-order valence-corrected chi connectivity index (χ4v) is 2.31. The molecule has 0 aliphatic heterocycles. The Balaban J connectivity index is 2.07. The zero-order valence-electron chi connectivity index (χ0n) is 10.9. The zero-order valence-corrected chi connectivity index (χ0v) is 12.5. The monoisotopic (exact) mass is 341 g/mol. The minimum Gasteiger partial charge on any atom is -0.486 e. The van der Waals surface area contributed by atoms with Gasteiger partial charge in [-0.2, -0.15) is 0 Å². The SMILES string of the molecule is CNCc1ccc(COc2ccc(F)cc2F)c(Br)c1. The second kappa shape index (κ2) is 6.81. The largest absolute Gasteiger partial charge is 0.486 e. The van der Waals surface area contributed by atoms with Gasteiger partial charge in [0.25, 0.3) is 0 Å². The Morgan fingerprint density at radius 1 is 1.15 bits per heavy atom. The van der Waals surface area contributed by atoms with Crippen molar-refractivity contribution >= 4 is 15.9 Å². The molecule has 1 N–H and O–H groups in total. The van der Waals surface area contributed by atoms with E-state index in [-0.39, 0.29) is 12.4 Å². The van der Waals surface area contributed by atoms with E-state index in [0.717, 1.165) is 28.2 Å². The molecular weight excluding hydrogens is 328 g/mol. The lowest BCUT2D eigenvalue weighted by Crippen LogP contribution is -2.05. The molecule has 0 heterocycles. The molecule has 2 aromatic carbocycles. The molecule has 106 valence electrons. The van der Waals surface area contributed by atoms with E-state index in [0.29, 0.717) is 0 Å². The van der Waals surface area contributed by atoms with Gasteiger partial charge >= 0.3 is 0 Å². The number of nitrogens with one attached hydrogen (secondary N) is 1. The van der Waals surface area contributed by atoms with Crippen molar-refractivity contribution in [2.24, 2.45) is 0 Å². The lowest BCUT2D eigenvalue weighted by molar-refractivity contribution is 0.288. The highest BCUT2D eigenvalue weighted by Gasteiger charge is 2.07. The molecule has 2 aromatic rings. The minimum absolute atomic E-state index is 0.0394. The standard InChI is InChI=1S/C15H14BrF2NO/c1-19-8-10-2-3-11(13(16)6-10)9-20-15-5-4-12(17)7-14(15)18/h2-7,19H,8-9H2,1H3. The topological polar surface area (TPSA) is 21.3 Å². The molecule has 0 spiro atoms. The van der Waals surface area contributed by atoms with Crippen LogP contribution in [0.4, 0.5) is 8.78 Å². The Morgan fingerprint density at radius 3 is 2.60 bits per heavy atom. The van der Waals surface area contributed by atoms with Crippen molar-refractivity contribution in [1.82, 2.24) is 5.32 Å². The second-order valence-corrected chi connectivity index (χ2v) is 5.17. The van der Waals surface area contributed by atoms with Crippen molar-refractivity contribution in [3.63, 3.8) is 0 Å². The molecule has 0 amide bonds. The van der Waals surface area contributed by atoms with Crippen molar-refractivity contribution in [3.05, 3.63) is 63.6 Å². The Bertz CT molecular complexity index is 604. The molecule has 0 aliphatic rings. The van der Waals surface area contributed by atoms with E-state index in [2.05, 4.69) is 21.2 Å². The van der Waals surface area contributed by atoms with Gasteiger partial charge in [0, 0.05) is 22.6 Å². The lowest BCUT2D eigenvalue weighted by atomic mass is 10.1. The van der Waals surface area contributed by atoms with Crippen molar-refractivity contribution in [3.8, 4) is 5.75 Å². The van der Waals surface area contributed by atoms with E-state index in [1.54, 1.807) is 0 Å². The molecule has 0 aliphatic carbocycles. The number of hydrogen-bond donors (Lipinski definition) is 1. The molecule has 0 saturated carbocycles. The number of rotatable bonds is 5. The van der Waals surface area contributed by atoms with E-state index in [1.807, 2.05) is 25.2 Å². The van der Waals surface area contributed by atoms with Crippen LogP contribution in [0, 0.1) is 11.6 Å². The fraction of sp³-hybridized carbons (Fsp3) is 0.200. The molecule has 0 atom stereocenters. The molecule has 2 nitrogen and oxygen atoms in total. The summed E-state index contributed by atoms with van der Waals surface area (Å²) in [5.74, 6) is -1.28. The lowest BCUT2D eigenvalue weighted by Gasteiger charge is -2.10. The van der Waals surface area contributed by atoms with E-state index < -0.39 is 11.6 Å². The van der Waals surface area contributed by atoms with E-state index in [9.17, 15) is 8.78 Å². The Labute approximate surface area is 124 Å². The normalized spacial score (nSPS) is 10.6. The van der Waals surface area contributed by atoms with Gasteiger partial charge in [-0.05, 0) is 30.8 Å². The molecule has 0 unspecified atom stereocenters. The summed E-state index contributed by atoms with van der Waals surface area (Å²) in [5, 5.41) is 3.06. The Morgan fingerprint density at radius 2 is 1.95 bits per heavy atom. The van der Waals surface area contributed by atoms with Crippen LogP contribution in [-0.2, 0) is 13.2 Å².